The maximum absolute atomic E-state index is 5.45. The van der Waals surface area contributed by atoms with E-state index in [2.05, 4.69) is 42.3 Å². The summed E-state index contributed by atoms with van der Waals surface area (Å²) in [6.45, 7) is 4.01. The Hall–Kier alpha value is -0.840. The minimum Gasteiger partial charge on any atom is -0.468 e. The highest BCUT2D eigenvalue weighted by Crippen LogP contribution is 2.12. The van der Waals surface area contributed by atoms with Gasteiger partial charge in [0.25, 0.3) is 0 Å². The molecule has 0 spiro atoms. The van der Waals surface area contributed by atoms with Crippen LogP contribution in [-0.4, -0.2) is 51.1 Å². The fourth-order valence-electron chi connectivity index (χ4n) is 1.85. The van der Waals surface area contributed by atoms with Crippen LogP contribution in [-0.2, 0) is 13.1 Å². The third kappa shape index (κ3) is 5.35. The van der Waals surface area contributed by atoms with Crippen LogP contribution in [0.2, 0.25) is 0 Å². The molecule has 17 heavy (non-hydrogen) atoms. The van der Waals surface area contributed by atoms with Crippen molar-refractivity contribution in [1.82, 2.24) is 15.1 Å². The van der Waals surface area contributed by atoms with E-state index < -0.39 is 0 Å². The fourth-order valence-corrected chi connectivity index (χ4v) is 1.85. The Balaban J connectivity index is 2.34. The number of nitrogens with zero attached hydrogens (tertiary/aromatic N) is 2. The van der Waals surface area contributed by atoms with E-state index in [9.17, 15) is 0 Å². The molecule has 1 rings (SSSR count). The molecule has 0 aliphatic heterocycles. The lowest BCUT2D eigenvalue weighted by atomic mass is 10.2. The first-order valence-electron chi connectivity index (χ1n) is 6.16. The van der Waals surface area contributed by atoms with Gasteiger partial charge in [0.2, 0.25) is 0 Å². The van der Waals surface area contributed by atoms with Crippen molar-refractivity contribution in [3.05, 3.63) is 23.7 Å². The van der Waals surface area contributed by atoms with Crippen LogP contribution in [0.15, 0.2) is 16.7 Å². The molecule has 1 heterocycles. The molecule has 0 aliphatic rings. The van der Waals surface area contributed by atoms with Gasteiger partial charge in [0.15, 0.2) is 0 Å². The molecular weight excluding hydrogens is 214 g/mol. The van der Waals surface area contributed by atoms with Crippen LogP contribution in [0, 0.1) is 0 Å². The van der Waals surface area contributed by atoms with Gasteiger partial charge in [0.05, 0.1) is 12.8 Å². The lowest BCUT2D eigenvalue weighted by molar-refractivity contribution is 0.292. The van der Waals surface area contributed by atoms with Crippen molar-refractivity contribution in [3.8, 4) is 0 Å². The lowest BCUT2D eigenvalue weighted by Crippen LogP contribution is -2.23. The van der Waals surface area contributed by atoms with Crippen molar-refractivity contribution >= 4 is 0 Å². The molecule has 1 N–H and O–H groups in total. The maximum atomic E-state index is 5.45. The van der Waals surface area contributed by atoms with Gasteiger partial charge in [-0.2, -0.15) is 0 Å². The van der Waals surface area contributed by atoms with Crippen LogP contribution in [0.5, 0.6) is 0 Å². The Morgan fingerprint density at radius 1 is 1.24 bits per heavy atom. The monoisotopic (exact) mass is 239 g/mol. The largest absolute Gasteiger partial charge is 0.468 e. The summed E-state index contributed by atoms with van der Waals surface area (Å²) in [7, 11) is 8.32. The minimum absolute atomic E-state index is 0.799. The van der Waals surface area contributed by atoms with E-state index in [1.165, 1.54) is 12.0 Å². The van der Waals surface area contributed by atoms with Gasteiger partial charge in [-0.25, -0.2) is 0 Å². The van der Waals surface area contributed by atoms with E-state index in [1.807, 2.05) is 7.05 Å². The Morgan fingerprint density at radius 2 is 2.00 bits per heavy atom. The van der Waals surface area contributed by atoms with Crippen molar-refractivity contribution in [1.29, 1.82) is 0 Å². The summed E-state index contributed by atoms with van der Waals surface area (Å²) in [5.41, 5.74) is 1.28. The quantitative estimate of drug-likeness (QED) is 0.743. The second-order valence-corrected chi connectivity index (χ2v) is 4.79. The zero-order valence-electron chi connectivity index (χ0n) is 11.5. The highest BCUT2D eigenvalue weighted by atomic mass is 16.3. The molecule has 0 bridgehead atoms. The summed E-state index contributed by atoms with van der Waals surface area (Å²) in [6, 6.07) is 2.06. The van der Waals surface area contributed by atoms with E-state index in [-0.39, 0.29) is 0 Å². The molecule has 0 aliphatic carbocycles. The standard InChI is InChI=1S/C13H25N3O/c1-14-10-13-12(6-9-17-13)11-16(4)8-5-7-15(2)3/h6,9,14H,5,7-8,10-11H2,1-4H3. The Bertz CT molecular complexity index is 309. The molecule has 1 aromatic rings. The van der Waals surface area contributed by atoms with Gasteiger partial charge in [-0.3, -0.25) is 0 Å². The summed E-state index contributed by atoms with van der Waals surface area (Å²) in [5, 5.41) is 3.12. The molecule has 0 unspecified atom stereocenters. The number of furan rings is 1. The van der Waals surface area contributed by atoms with Crippen LogP contribution < -0.4 is 5.32 Å². The summed E-state index contributed by atoms with van der Waals surface area (Å²) >= 11 is 0. The second-order valence-electron chi connectivity index (χ2n) is 4.79. The van der Waals surface area contributed by atoms with Crippen molar-refractivity contribution in [2.45, 2.75) is 19.5 Å². The van der Waals surface area contributed by atoms with Crippen LogP contribution >= 0.6 is 0 Å². The van der Waals surface area contributed by atoms with Gasteiger partial charge in [0.1, 0.15) is 5.76 Å². The third-order valence-corrected chi connectivity index (χ3v) is 2.76. The van der Waals surface area contributed by atoms with Crippen molar-refractivity contribution in [3.63, 3.8) is 0 Å². The van der Waals surface area contributed by atoms with E-state index in [0.717, 1.165) is 31.9 Å². The molecule has 0 atom stereocenters. The molecule has 0 aromatic carbocycles. The fraction of sp³-hybridized carbons (Fsp3) is 0.692. The normalized spacial score (nSPS) is 11.6. The van der Waals surface area contributed by atoms with Crippen LogP contribution in [0.3, 0.4) is 0 Å². The highest BCUT2D eigenvalue weighted by Gasteiger charge is 2.08. The first-order chi connectivity index (χ1) is 8.13. The molecular formula is C13H25N3O. The molecule has 0 fully saturated rings. The van der Waals surface area contributed by atoms with Gasteiger partial charge in [-0.05, 0) is 53.8 Å². The van der Waals surface area contributed by atoms with Gasteiger partial charge >= 0.3 is 0 Å². The molecule has 98 valence electrons. The van der Waals surface area contributed by atoms with Crippen LogP contribution in [0.25, 0.3) is 0 Å². The van der Waals surface area contributed by atoms with E-state index in [0.29, 0.717) is 0 Å². The van der Waals surface area contributed by atoms with E-state index in [4.69, 9.17) is 4.42 Å². The zero-order valence-corrected chi connectivity index (χ0v) is 11.5. The summed E-state index contributed by atoms with van der Waals surface area (Å²) in [6.07, 6.45) is 2.97. The second kappa shape index (κ2) is 7.48. The zero-order chi connectivity index (χ0) is 12.7. The van der Waals surface area contributed by atoms with E-state index >= 15 is 0 Å². The number of nitrogens with one attached hydrogen (secondary N) is 1. The summed E-state index contributed by atoms with van der Waals surface area (Å²) < 4.78 is 5.45. The van der Waals surface area contributed by atoms with Gasteiger partial charge in [-0.1, -0.05) is 0 Å². The van der Waals surface area contributed by atoms with Gasteiger partial charge < -0.3 is 19.5 Å². The number of hydrogen-bond donors (Lipinski definition) is 1. The van der Waals surface area contributed by atoms with E-state index in [1.54, 1.807) is 6.26 Å². The molecule has 4 heteroatoms. The van der Waals surface area contributed by atoms with Gasteiger partial charge in [-0.15, -0.1) is 0 Å². The topological polar surface area (TPSA) is 31.7 Å². The molecule has 4 nitrogen and oxygen atoms in total. The molecule has 1 aromatic heterocycles. The summed E-state index contributed by atoms with van der Waals surface area (Å²) in [4.78, 5) is 4.56. The Labute approximate surface area is 105 Å². The van der Waals surface area contributed by atoms with Gasteiger partial charge in [0, 0.05) is 12.1 Å². The lowest BCUT2D eigenvalue weighted by Gasteiger charge is -2.18. The predicted molar refractivity (Wildman–Crippen MR) is 71.0 cm³/mol. The maximum Gasteiger partial charge on any atom is 0.122 e. The van der Waals surface area contributed by atoms with Crippen molar-refractivity contribution < 1.29 is 4.42 Å². The predicted octanol–water partition coefficient (Wildman–Crippen LogP) is 1.38. The van der Waals surface area contributed by atoms with Crippen molar-refractivity contribution in [2.75, 3.05) is 41.3 Å². The van der Waals surface area contributed by atoms with Crippen LogP contribution in [0.4, 0.5) is 0 Å². The molecule has 0 saturated carbocycles. The number of hydrogen-bond acceptors (Lipinski definition) is 4. The summed E-state index contributed by atoms with van der Waals surface area (Å²) in [5.74, 6) is 1.05. The number of rotatable bonds is 8. The third-order valence-electron chi connectivity index (χ3n) is 2.76. The Morgan fingerprint density at radius 3 is 2.65 bits per heavy atom. The average Bonchev–Trinajstić information content (AvgIpc) is 2.66. The first-order valence-corrected chi connectivity index (χ1v) is 6.16. The first kappa shape index (κ1) is 14.2. The van der Waals surface area contributed by atoms with Crippen LogP contribution in [0.1, 0.15) is 17.7 Å². The SMILES string of the molecule is CNCc1occc1CN(C)CCCN(C)C. The van der Waals surface area contributed by atoms with Crippen molar-refractivity contribution in [2.24, 2.45) is 0 Å². The highest BCUT2D eigenvalue weighted by molar-refractivity contribution is 5.16. The smallest absolute Gasteiger partial charge is 0.122 e. The molecule has 0 amide bonds. The Kier molecular flexibility index (Phi) is 6.26. The minimum atomic E-state index is 0.799. The molecule has 0 saturated heterocycles. The molecule has 0 radical (unpaired) electrons. The average molecular weight is 239 g/mol.